The number of nitrogens with zero attached hydrogens (tertiary/aromatic N) is 3. The molecule has 0 aliphatic heterocycles. The molecule has 6 nitrogen and oxygen atoms in total. The number of para-hydroxylation sites is 1. The van der Waals surface area contributed by atoms with E-state index in [9.17, 15) is 9.90 Å². The normalized spacial score (nSPS) is 12.6. The number of amides is 1. The third kappa shape index (κ3) is 4.64. The fourth-order valence-electron chi connectivity index (χ4n) is 2.72. The van der Waals surface area contributed by atoms with Gasteiger partial charge in [0.2, 0.25) is 0 Å². The van der Waals surface area contributed by atoms with E-state index in [-0.39, 0.29) is 11.3 Å². The van der Waals surface area contributed by atoms with Gasteiger partial charge >= 0.3 is 0 Å². The van der Waals surface area contributed by atoms with Gasteiger partial charge in [-0.25, -0.2) is 4.68 Å². The van der Waals surface area contributed by atoms with Crippen LogP contribution in [0.25, 0.3) is 11.3 Å². The molecule has 0 saturated heterocycles. The number of aryl methyl sites for hydroxylation is 1. The van der Waals surface area contributed by atoms with Crippen molar-refractivity contribution in [3.05, 3.63) is 65.9 Å². The summed E-state index contributed by atoms with van der Waals surface area (Å²) in [5.41, 5.74) is 3.45. The van der Waals surface area contributed by atoms with E-state index in [0.717, 1.165) is 16.8 Å². The average molecular weight is 378 g/mol. The van der Waals surface area contributed by atoms with Crippen molar-refractivity contribution in [1.29, 1.82) is 0 Å². The van der Waals surface area contributed by atoms with E-state index >= 15 is 0 Å². The molecule has 1 heterocycles. The molecule has 0 bridgehead atoms. The lowest BCUT2D eigenvalue weighted by atomic mass is 9.89. The predicted molar refractivity (Wildman–Crippen MR) is 110 cm³/mol. The van der Waals surface area contributed by atoms with Crippen LogP contribution in [0.4, 0.5) is 5.69 Å². The zero-order chi connectivity index (χ0) is 20.3. The number of aliphatic hydroxyl groups is 1. The Hall–Kier alpha value is -2.99. The molecule has 28 heavy (non-hydrogen) atoms. The van der Waals surface area contributed by atoms with Crippen molar-refractivity contribution in [2.75, 3.05) is 5.32 Å². The van der Waals surface area contributed by atoms with Crippen LogP contribution in [-0.2, 0) is 6.54 Å². The molecule has 1 unspecified atom stereocenters. The van der Waals surface area contributed by atoms with Crippen molar-refractivity contribution in [3.63, 3.8) is 0 Å². The highest BCUT2D eigenvalue weighted by Gasteiger charge is 2.23. The number of benzene rings is 2. The molecule has 3 aromatic rings. The van der Waals surface area contributed by atoms with Crippen molar-refractivity contribution >= 4 is 11.6 Å². The van der Waals surface area contributed by atoms with Crippen LogP contribution in [0.5, 0.6) is 0 Å². The second-order valence-electron chi connectivity index (χ2n) is 8.06. The summed E-state index contributed by atoms with van der Waals surface area (Å²) in [6, 6.07) is 15.0. The lowest BCUT2D eigenvalue weighted by Crippen LogP contribution is -2.30. The van der Waals surface area contributed by atoms with Crippen LogP contribution in [-0.4, -0.2) is 32.1 Å². The monoisotopic (exact) mass is 378 g/mol. The van der Waals surface area contributed by atoms with Crippen LogP contribution < -0.4 is 5.32 Å². The fourth-order valence-corrected chi connectivity index (χ4v) is 2.72. The Morgan fingerprint density at radius 2 is 1.89 bits per heavy atom. The van der Waals surface area contributed by atoms with Gasteiger partial charge < -0.3 is 10.4 Å². The highest BCUT2D eigenvalue weighted by Crippen LogP contribution is 2.23. The quantitative estimate of drug-likeness (QED) is 0.705. The van der Waals surface area contributed by atoms with Crippen molar-refractivity contribution in [2.45, 2.75) is 40.3 Å². The summed E-state index contributed by atoms with van der Waals surface area (Å²) in [6.07, 6.45) is 1.26. The summed E-state index contributed by atoms with van der Waals surface area (Å²) >= 11 is 0. The number of anilines is 1. The molecule has 1 atom stereocenters. The third-order valence-corrected chi connectivity index (χ3v) is 4.71. The van der Waals surface area contributed by atoms with Crippen molar-refractivity contribution in [1.82, 2.24) is 15.0 Å². The van der Waals surface area contributed by atoms with Crippen LogP contribution in [0.1, 0.15) is 36.7 Å². The molecule has 0 aliphatic carbocycles. The molecule has 6 heteroatoms. The number of nitrogens with one attached hydrogen (secondary N) is 1. The Balaban J connectivity index is 1.81. The Kier molecular flexibility index (Phi) is 5.61. The van der Waals surface area contributed by atoms with E-state index in [1.54, 1.807) is 10.9 Å². The number of hydrogen-bond acceptors (Lipinski definition) is 4. The lowest BCUT2D eigenvalue weighted by molar-refractivity contribution is 0.0446. The van der Waals surface area contributed by atoms with Crippen molar-refractivity contribution < 1.29 is 9.90 Å². The molecule has 1 aromatic heterocycles. The number of rotatable bonds is 5. The van der Waals surface area contributed by atoms with Gasteiger partial charge in [-0.1, -0.05) is 56.3 Å². The Labute approximate surface area is 165 Å². The summed E-state index contributed by atoms with van der Waals surface area (Å²) < 4.78 is 1.63. The number of carbonyl (C=O) groups is 1. The highest BCUT2D eigenvalue weighted by atomic mass is 16.3. The van der Waals surface area contributed by atoms with Gasteiger partial charge in [0.15, 0.2) is 0 Å². The average Bonchev–Trinajstić information content (AvgIpc) is 3.10. The zero-order valence-electron chi connectivity index (χ0n) is 16.7. The maximum atomic E-state index is 12.7. The Morgan fingerprint density at radius 3 is 2.57 bits per heavy atom. The van der Waals surface area contributed by atoms with Gasteiger partial charge in [-0.15, -0.1) is 5.10 Å². The second kappa shape index (κ2) is 7.94. The molecule has 1 amide bonds. The summed E-state index contributed by atoms with van der Waals surface area (Å²) in [7, 11) is 0. The van der Waals surface area contributed by atoms with E-state index in [0.29, 0.717) is 17.8 Å². The highest BCUT2D eigenvalue weighted by molar-refractivity contribution is 6.05. The number of hydrogen-bond donors (Lipinski definition) is 2. The largest absolute Gasteiger partial charge is 0.391 e. The molecule has 2 N–H and O–H groups in total. The standard InChI is InChI=1S/C22H26N4O2/c1-15-10-11-16(12-18(15)21(28)23-17-8-6-5-7-9-17)19-13-26(25-24-19)14-20(27)22(2,3)4/h5-13,20,27H,14H2,1-4H3,(H,23,28). The first-order chi connectivity index (χ1) is 13.2. The molecule has 0 radical (unpaired) electrons. The van der Waals surface area contributed by atoms with E-state index in [1.165, 1.54) is 0 Å². The molecular weight excluding hydrogens is 352 g/mol. The maximum absolute atomic E-state index is 12.7. The van der Waals surface area contributed by atoms with E-state index in [4.69, 9.17) is 0 Å². The minimum absolute atomic E-state index is 0.166. The first kappa shape index (κ1) is 19.8. The third-order valence-electron chi connectivity index (χ3n) is 4.71. The van der Waals surface area contributed by atoms with Crippen LogP contribution >= 0.6 is 0 Å². The Morgan fingerprint density at radius 1 is 1.18 bits per heavy atom. The van der Waals surface area contributed by atoms with Gasteiger partial charge in [-0.3, -0.25) is 4.79 Å². The van der Waals surface area contributed by atoms with E-state index in [1.807, 2.05) is 76.2 Å². The first-order valence-corrected chi connectivity index (χ1v) is 9.29. The van der Waals surface area contributed by atoms with E-state index in [2.05, 4.69) is 15.6 Å². The zero-order valence-corrected chi connectivity index (χ0v) is 16.7. The molecule has 146 valence electrons. The maximum Gasteiger partial charge on any atom is 0.255 e. The Bertz CT molecular complexity index is 958. The minimum atomic E-state index is -0.535. The van der Waals surface area contributed by atoms with Crippen LogP contribution in [0.3, 0.4) is 0 Å². The van der Waals surface area contributed by atoms with Crippen LogP contribution in [0.2, 0.25) is 0 Å². The van der Waals surface area contributed by atoms with Crippen molar-refractivity contribution in [2.24, 2.45) is 5.41 Å². The topological polar surface area (TPSA) is 80.0 Å². The van der Waals surface area contributed by atoms with Gasteiger partial charge in [-0.2, -0.15) is 0 Å². The van der Waals surface area contributed by atoms with Crippen molar-refractivity contribution in [3.8, 4) is 11.3 Å². The minimum Gasteiger partial charge on any atom is -0.391 e. The SMILES string of the molecule is Cc1ccc(-c2cn(CC(O)C(C)(C)C)nn2)cc1C(=O)Nc1ccccc1. The van der Waals surface area contributed by atoms with Gasteiger partial charge in [0.25, 0.3) is 5.91 Å². The smallest absolute Gasteiger partial charge is 0.255 e. The van der Waals surface area contributed by atoms with Crippen LogP contribution in [0.15, 0.2) is 54.7 Å². The summed E-state index contributed by atoms with van der Waals surface area (Å²) in [5, 5.41) is 21.5. The molecule has 0 fully saturated rings. The molecule has 0 aliphatic rings. The molecular formula is C22H26N4O2. The summed E-state index contributed by atoms with van der Waals surface area (Å²) in [4.78, 5) is 12.7. The number of aliphatic hydroxyl groups excluding tert-OH is 1. The number of carbonyl (C=O) groups excluding carboxylic acids is 1. The fraction of sp³-hybridized carbons (Fsp3) is 0.318. The lowest BCUT2D eigenvalue weighted by Gasteiger charge is -2.25. The van der Waals surface area contributed by atoms with Gasteiger partial charge in [0.05, 0.1) is 18.8 Å². The molecule has 0 saturated carbocycles. The van der Waals surface area contributed by atoms with E-state index < -0.39 is 6.10 Å². The molecule has 0 spiro atoms. The van der Waals surface area contributed by atoms with Gasteiger partial charge in [0.1, 0.15) is 5.69 Å². The van der Waals surface area contributed by atoms with Gasteiger partial charge in [-0.05, 0) is 36.1 Å². The summed E-state index contributed by atoms with van der Waals surface area (Å²) in [6.45, 7) is 8.21. The molecule has 3 rings (SSSR count). The van der Waals surface area contributed by atoms with Gasteiger partial charge in [0, 0.05) is 16.8 Å². The number of aromatic nitrogens is 3. The van der Waals surface area contributed by atoms with Crippen LogP contribution in [0, 0.1) is 12.3 Å². The summed E-state index contributed by atoms with van der Waals surface area (Å²) in [5.74, 6) is -0.166. The second-order valence-corrected chi connectivity index (χ2v) is 8.06. The molecule has 2 aromatic carbocycles. The predicted octanol–water partition coefficient (Wildman–Crippen LogP) is 3.91. The first-order valence-electron chi connectivity index (χ1n) is 9.29.